The Bertz CT molecular complexity index is 545. The Morgan fingerprint density at radius 1 is 1.27 bits per heavy atom. The SMILES string of the molecule is COCCNCCNC(=O)c1ccc2c(c1)CCN2C(C)=O. The summed E-state index contributed by atoms with van der Waals surface area (Å²) in [5.74, 6) is -0.0456. The van der Waals surface area contributed by atoms with Gasteiger partial charge in [0.1, 0.15) is 0 Å². The van der Waals surface area contributed by atoms with Crippen LogP contribution in [0.1, 0.15) is 22.8 Å². The van der Waals surface area contributed by atoms with Gasteiger partial charge < -0.3 is 20.3 Å². The van der Waals surface area contributed by atoms with Gasteiger partial charge in [0, 0.05) is 51.5 Å². The number of nitrogens with one attached hydrogen (secondary N) is 2. The van der Waals surface area contributed by atoms with E-state index in [-0.39, 0.29) is 11.8 Å². The summed E-state index contributed by atoms with van der Waals surface area (Å²) in [7, 11) is 1.66. The third-order valence-electron chi connectivity index (χ3n) is 3.69. The molecule has 0 atom stereocenters. The van der Waals surface area contributed by atoms with Gasteiger partial charge in [-0.2, -0.15) is 0 Å². The van der Waals surface area contributed by atoms with Gasteiger partial charge in [-0.3, -0.25) is 9.59 Å². The van der Waals surface area contributed by atoms with Crippen molar-refractivity contribution in [3.8, 4) is 0 Å². The molecule has 0 spiro atoms. The van der Waals surface area contributed by atoms with Crippen molar-refractivity contribution in [3.05, 3.63) is 29.3 Å². The summed E-state index contributed by atoms with van der Waals surface area (Å²) >= 11 is 0. The van der Waals surface area contributed by atoms with Crippen molar-refractivity contribution in [3.63, 3.8) is 0 Å². The number of hydrogen-bond donors (Lipinski definition) is 2. The van der Waals surface area contributed by atoms with Gasteiger partial charge in [0.15, 0.2) is 0 Å². The molecule has 0 saturated heterocycles. The van der Waals surface area contributed by atoms with Crippen molar-refractivity contribution in [2.45, 2.75) is 13.3 Å². The topological polar surface area (TPSA) is 70.7 Å². The lowest BCUT2D eigenvalue weighted by Crippen LogP contribution is -2.33. The van der Waals surface area contributed by atoms with Gasteiger partial charge in [-0.1, -0.05) is 0 Å². The van der Waals surface area contributed by atoms with Gasteiger partial charge in [0.25, 0.3) is 5.91 Å². The van der Waals surface area contributed by atoms with Gasteiger partial charge in [-0.15, -0.1) is 0 Å². The number of carbonyl (C=O) groups is 2. The summed E-state index contributed by atoms with van der Waals surface area (Å²) in [4.78, 5) is 25.4. The van der Waals surface area contributed by atoms with E-state index in [1.165, 1.54) is 0 Å². The fourth-order valence-corrected chi connectivity index (χ4v) is 2.54. The van der Waals surface area contributed by atoms with Gasteiger partial charge in [0.2, 0.25) is 5.91 Å². The maximum absolute atomic E-state index is 12.1. The number of ether oxygens (including phenoxy) is 1. The van der Waals surface area contributed by atoms with Gasteiger partial charge in [0.05, 0.1) is 6.61 Å². The number of hydrogen-bond acceptors (Lipinski definition) is 4. The minimum atomic E-state index is -0.0855. The molecular formula is C16H23N3O3. The maximum Gasteiger partial charge on any atom is 0.251 e. The lowest BCUT2D eigenvalue weighted by molar-refractivity contribution is -0.116. The van der Waals surface area contributed by atoms with Crippen LogP contribution in [0.2, 0.25) is 0 Å². The van der Waals surface area contributed by atoms with Crippen LogP contribution in [-0.2, 0) is 16.0 Å². The molecule has 0 aliphatic carbocycles. The maximum atomic E-state index is 12.1. The predicted octanol–water partition coefficient (Wildman–Crippen LogP) is 0.561. The number of amides is 2. The van der Waals surface area contributed by atoms with Crippen LogP contribution in [0.4, 0.5) is 5.69 Å². The quantitative estimate of drug-likeness (QED) is 0.722. The molecule has 6 heteroatoms. The molecule has 0 fully saturated rings. The average Bonchev–Trinajstić information content (AvgIpc) is 2.93. The van der Waals surface area contributed by atoms with E-state index in [1.807, 2.05) is 12.1 Å². The zero-order chi connectivity index (χ0) is 15.9. The molecule has 6 nitrogen and oxygen atoms in total. The second-order valence-electron chi connectivity index (χ2n) is 5.26. The van der Waals surface area contributed by atoms with Gasteiger partial charge in [-0.25, -0.2) is 0 Å². The third kappa shape index (κ3) is 4.05. The second kappa shape index (κ2) is 7.91. The molecule has 0 aromatic heterocycles. The van der Waals surface area contributed by atoms with E-state index in [4.69, 9.17) is 4.74 Å². The lowest BCUT2D eigenvalue weighted by atomic mass is 10.1. The highest BCUT2D eigenvalue weighted by Gasteiger charge is 2.22. The first-order valence-corrected chi connectivity index (χ1v) is 7.52. The molecule has 1 aliphatic heterocycles. The Kier molecular flexibility index (Phi) is 5.91. The fourth-order valence-electron chi connectivity index (χ4n) is 2.54. The van der Waals surface area contributed by atoms with Gasteiger partial charge in [-0.05, 0) is 30.2 Å². The second-order valence-corrected chi connectivity index (χ2v) is 5.26. The minimum absolute atomic E-state index is 0.0399. The first-order valence-electron chi connectivity index (χ1n) is 7.52. The standard InChI is InChI=1S/C16H23N3O3/c1-12(20)19-9-5-13-11-14(3-4-15(13)19)16(21)18-7-6-17-8-10-22-2/h3-4,11,17H,5-10H2,1-2H3,(H,18,21). The summed E-state index contributed by atoms with van der Waals surface area (Å²) in [6, 6.07) is 5.51. The van der Waals surface area contributed by atoms with E-state index < -0.39 is 0 Å². The van der Waals surface area contributed by atoms with Crippen LogP contribution < -0.4 is 15.5 Å². The van der Waals surface area contributed by atoms with Crippen LogP contribution in [0.3, 0.4) is 0 Å². The number of nitrogens with zero attached hydrogens (tertiary/aromatic N) is 1. The van der Waals surface area contributed by atoms with Crippen LogP contribution in [0.5, 0.6) is 0 Å². The third-order valence-corrected chi connectivity index (χ3v) is 3.69. The van der Waals surface area contributed by atoms with Crippen molar-refractivity contribution < 1.29 is 14.3 Å². The molecule has 120 valence electrons. The van der Waals surface area contributed by atoms with Gasteiger partial charge >= 0.3 is 0 Å². The molecule has 1 heterocycles. The fraction of sp³-hybridized carbons (Fsp3) is 0.500. The Morgan fingerprint density at radius 3 is 2.82 bits per heavy atom. The molecule has 0 unspecified atom stereocenters. The molecule has 2 amide bonds. The molecule has 1 aliphatic rings. The highest BCUT2D eigenvalue weighted by Crippen LogP contribution is 2.28. The molecule has 2 N–H and O–H groups in total. The monoisotopic (exact) mass is 305 g/mol. The van der Waals surface area contributed by atoms with Crippen molar-refractivity contribution in [2.75, 3.05) is 44.8 Å². The van der Waals surface area contributed by atoms with Crippen LogP contribution >= 0.6 is 0 Å². The number of fused-ring (bicyclic) bond motifs is 1. The Hall–Kier alpha value is -1.92. The first kappa shape index (κ1) is 16.5. The summed E-state index contributed by atoms with van der Waals surface area (Å²) in [6.45, 7) is 4.96. The van der Waals surface area contributed by atoms with Crippen molar-refractivity contribution in [1.29, 1.82) is 0 Å². The summed E-state index contributed by atoms with van der Waals surface area (Å²) in [5, 5.41) is 6.05. The van der Waals surface area contributed by atoms with Crippen molar-refractivity contribution >= 4 is 17.5 Å². The van der Waals surface area contributed by atoms with Crippen LogP contribution in [0.15, 0.2) is 18.2 Å². The summed E-state index contributed by atoms with van der Waals surface area (Å²) in [5.41, 5.74) is 2.62. The van der Waals surface area contributed by atoms with Crippen molar-refractivity contribution in [2.24, 2.45) is 0 Å². The Balaban J connectivity index is 1.86. The highest BCUT2D eigenvalue weighted by molar-refractivity contribution is 5.97. The van der Waals surface area contributed by atoms with Crippen LogP contribution in [-0.4, -0.2) is 51.7 Å². The molecule has 0 saturated carbocycles. The van der Waals surface area contributed by atoms with E-state index in [9.17, 15) is 9.59 Å². The van der Waals surface area contributed by atoms with E-state index in [2.05, 4.69) is 10.6 Å². The number of benzene rings is 1. The number of carbonyl (C=O) groups excluding carboxylic acids is 2. The normalized spacial score (nSPS) is 13.1. The summed E-state index contributed by atoms with van der Waals surface area (Å²) in [6.07, 6.45) is 0.800. The van der Waals surface area contributed by atoms with E-state index in [0.29, 0.717) is 31.8 Å². The van der Waals surface area contributed by atoms with Crippen LogP contribution in [0.25, 0.3) is 0 Å². The van der Waals surface area contributed by atoms with Crippen molar-refractivity contribution in [1.82, 2.24) is 10.6 Å². The molecule has 1 aromatic carbocycles. The van der Waals surface area contributed by atoms with E-state index in [0.717, 1.165) is 24.2 Å². The predicted molar refractivity (Wildman–Crippen MR) is 85.3 cm³/mol. The lowest BCUT2D eigenvalue weighted by Gasteiger charge is -2.14. The smallest absolute Gasteiger partial charge is 0.251 e. The number of anilines is 1. The molecule has 22 heavy (non-hydrogen) atoms. The molecular weight excluding hydrogens is 282 g/mol. The Labute approximate surface area is 130 Å². The zero-order valence-electron chi connectivity index (χ0n) is 13.1. The highest BCUT2D eigenvalue weighted by atomic mass is 16.5. The minimum Gasteiger partial charge on any atom is -0.383 e. The van der Waals surface area contributed by atoms with Crippen LogP contribution in [0, 0.1) is 0 Å². The molecule has 1 aromatic rings. The average molecular weight is 305 g/mol. The summed E-state index contributed by atoms with van der Waals surface area (Å²) < 4.78 is 4.93. The first-order chi connectivity index (χ1) is 10.6. The number of rotatable bonds is 7. The van der Waals surface area contributed by atoms with E-state index >= 15 is 0 Å². The molecule has 2 rings (SSSR count). The largest absolute Gasteiger partial charge is 0.383 e. The van der Waals surface area contributed by atoms with E-state index in [1.54, 1.807) is 25.0 Å². The zero-order valence-corrected chi connectivity index (χ0v) is 13.1. The number of methoxy groups -OCH3 is 1. The molecule has 0 radical (unpaired) electrons. The molecule has 0 bridgehead atoms. The Morgan fingerprint density at radius 2 is 2.09 bits per heavy atom.